The first-order valence-corrected chi connectivity index (χ1v) is 11.0. The van der Waals surface area contributed by atoms with E-state index in [-0.39, 0.29) is 18.0 Å². The smallest absolute Gasteiger partial charge is 0.337 e. The molecule has 10 heteroatoms. The molecule has 3 heterocycles. The van der Waals surface area contributed by atoms with Gasteiger partial charge in [-0.25, -0.2) is 9.78 Å². The molecular formula is C22H23N3O6S. The number of carbonyl (C=O) groups is 2. The van der Waals surface area contributed by atoms with E-state index in [0.29, 0.717) is 53.7 Å². The maximum Gasteiger partial charge on any atom is 0.337 e. The Hall–Kier alpha value is -3.11. The topological polar surface area (TPSA) is 104 Å². The largest absolute Gasteiger partial charge is 0.467 e. The summed E-state index contributed by atoms with van der Waals surface area (Å²) in [5.74, 6) is 0.0347. The van der Waals surface area contributed by atoms with E-state index in [1.807, 2.05) is 0 Å². The maximum atomic E-state index is 13.3. The summed E-state index contributed by atoms with van der Waals surface area (Å²) < 4.78 is 17.0. The number of carbonyl (C=O) groups excluding carboxylic acids is 2. The molecular weight excluding hydrogens is 434 g/mol. The fraction of sp³-hybridized carbons (Fsp3) is 0.364. The Morgan fingerprint density at radius 1 is 1.25 bits per heavy atom. The van der Waals surface area contributed by atoms with Gasteiger partial charge in [0, 0.05) is 13.1 Å². The van der Waals surface area contributed by atoms with E-state index in [9.17, 15) is 14.4 Å². The zero-order valence-electron chi connectivity index (χ0n) is 17.8. The summed E-state index contributed by atoms with van der Waals surface area (Å²) in [6.07, 6.45) is 1.54. The summed E-state index contributed by atoms with van der Waals surface area (Å²) >= 11 is 1.20. The molecule has 0 aliphatic carbocycles. The van der Waals surface area contributed by atoms with Crippen molar-refractivity contribution < 1.29 is 23.5 Å². The number of fused-ring (bicyclic) bond motifs is 1. The molecule has 1 aliphatic rings. The van der Waals surface area contributed by atoms with E-state index in [4.69, 9.17) is 13.9 Å². The highest BCUT2D eigenvalue weighted by Gasteiger charge is 2.25. The zero-order chi connectivity index (χ0) is 22.7. The van der Waals surface area contributed by atoms with Crippen molar-refractivity contribution in [3.05, 3.63) is 58.3 Å². The second-order valence-electron chi connectivity index (χ2n) is 7.29. The molecule has 4 rings (SSSR count). The fourth-order valence-corrected chi connectivity index (χ4v) is 4.47. The maximum absolute atomic E-state index is 13.3. The monoisotopic (exact) mass is 457 g/mol. The van der Waals surface area contributed by atoms with Gasteiger partial charge in [0.05, 0.1) is 54.8 Å². The number of rotatable bonds is 6. The van der Waals surface area contributed by atoms with Gasteiger partial charge >= 0.3 is 5.97 Å². The van der Waals surface area contributed by atoms with Crippen LogP contribution in [-0.4, -0.2) is 65.0 Å². The van der Waals surface area contributed by atoms with Gasteiger partial charge in [-0.05, 0) is 37.3 Å². The Bertz CT molecular complexity index is 1180. The van der Waals surface area contributed by atoms with Crippen molar-refractivity contribution in [2.75, 3.05) is 33.4 Å². The number of ether oxygens (including phenoxy) is 2. The molecule has 168 valence electrons. The summed E-state index contributed by atoms with van der Waals surface area (Å²) in [5.41, 5.74) is 0.377. The van der Waals surface area contributed by atoms with Crippen LogP contribution in [0.25, 0.3) is 10.9 Å². The fourth-order valence-electron chi connectivity index (χ4n) is 3.48. The van der Waals surface area contributed by atoms with Crippen molar-refractivity contribution >= 4 is 34.5 Å². The van der Waals surface area contributed by atoms with Gasteiger partial charge in [0.2, 0.25) is 5.91 Å². The minimum absolute atomic E-state index is 0.0412. The normalized spacial score (nSPS) is 15.0. The third kappa shape index (κ3) is 4.56. The predicted molar refractivity (Wildman–Crippen MR) is 118 cm³/mol. The van der Waals surface area contributed by atoms with Crippen LogP contribution in [0.4, 0.5) is 0 Å². The quantitative estimate of drug-likeness (QED) is 0.315. The van der Waals surface area contributed by atoms with E-state index >= 15 is 0 Å². The van der Waals surface area contributed by atoms with Gasteiger partial charge in [0.15, 0.2) is 5.16 Å². The molecule has 1 saturated heterocycles. The average Bonchev–Trinajstić information content (AvgIpc) is 3.34. The molecule has 1 fully saturated rings. The molecule has 1 unspecified atom stereocenters. The molecule has 1 amide bonds. The van der Waals surface area contributed by atoms with Crippen molar-refractivity contribution in [2.45, 2.75) is 23.9 Å². The van der Waals surface area contributed by atoms with Crippen molar-refractivity contribution in [1.29, 1.82) is 0 Å². The highest BCUT2D eigenvalue weighted by Crippen LogP contribution is 2.25. The Kier molecular flexibility index (Phi) is 6.61. The molecule has 32 heavy (non-hydrogen) atoms. The van der Waals surface area contributed by atoms with Gasteiger partial charge in [-0.15, -0.1) is 0 Å². The molecule has 1 aromatic carbocycles. The van der Waals surface area contributed by atoms with Crippen molar-refractivity contribution in [3.63, 3.8) is 0 Å². The van der Waals surface area contributed by atoms with E-state index in [1.165, 1.54) is 41.8 Å². The highest BCUT2D eigenvalue weighted by atomic mass is 32.2. The van der Waals surface area contributed by atoms with Gasteiger partial charge in [-0.1, -0.05) is 11.8 Å². The van der Waals surface area contributed by atoms with Crippen LogP contribution in [0.15, 0.2) is 51.0 Å². The van der Waals surface area contributed by atoms with Crippen LogP contribution in [0.1, 0.15) is 23.0 Å². The van der Waals surface area contributed by atoms with E-state index in [2.05, 4.69) is 4.98 Å². The molecule has 0 saturated carbocycles. The van der Waals surface area contributed by atoms with Crippen molar-refractivity contribution in [1.82, 2.24) is 14.5 Å². The van der Waals surface area contributed by atoms with Gasteiger partial charge in [-0.2, -0.15) is 0 Å². The first-order valence-electron chi connectivity index (χ1n) is 10.2. The zero-order valence-corrected chi connectivity index (χ0v) is 18.6. The summed E-state index contributed by atoms with van der Waals surface area (Å²) in [6.45, 7) is 4.07. The Labute approximate surface area is 188 Å². The molecule has 2 aromatic heterocycles. The summed E-state index contributed by atoms with van der Waals surface area (Å²) in [6, 6.07) is 8.14. The van der Waals surface area contributed by atoms with Gasteiger partial charge < -0.3 is 18.8 Å². The second kappa shape index (κ2) is 9.58. The Morgan fingerprint density at radius 3 is 2.72 bits per heavy atom. The highest BCUT2D eigenvalue weighted by molar-refractivity contribution is 8.00. The number of amides is 1. The number of benzene rings is 1. The van der Waals surface area contributed by atoms with Gasteiger partial charge in [-0.3, -0.25) is 14.2 Å². The Balaban J connectivity index is 1.73. The number of esters is 1. The van der Waals surface area contributed by atoms with Crippen LogP contribution in [-0.2, 0) is 20.8 Å². The molecule has 3 aromatic rings. The number of hydrogen-bond donors (Lipinski definition) is 0. The van der Waals surface area contributed by atoms with Crippen molar-refractivity contribution in [3.8, 4) is 0 Å². The summed E-state index contributed by atoms with van der Waals surface area (Å²) in [4.78, 5) is 44.6. The second-order valence-corrected chi connectivity index (χ2v) is 8.59. The van der Waals surface area contributed by atoms with Crippen LogP contribution in [0, 0.1) is 0 Å². The minimum Gasteiger partial charge on any atom is -0.467 e. The standard InChI is InChI=1S/C22H23N3O6S/c1-14(19(26)24-7-10-30-11-8-24)32-22-23-18-12-15(21(28)29-2)5-6-17(18)20(27)25(22)13-16-4-3-9-31-16/h3-6,9,12,14H,7-8,10-11,13H2,1-2H3. The SMILES string of the molecule is COC(=O)c1ccc2c(=O)n(Cc3ccco3)c(SC(C)C(=O)N3CCOCC3)nc2c1. The number of aromatic nitrogens is 2. The molecule has 1 aliphatic heterocycles. The number of furan rings is 1. The van der Waals surface area contributed by atoms with Crippen LogP contribution < -0.4 is 5.56 Å². The first kappa shape index (κ1) is 22.1. The molecule has 9 nitrogen and oxygen atoms in total. The van der Waals surface area contributed by atoms with Crippen LogP contribution >= 0.6 is 11.8 Å². The molecule has 0 N–H and O–H groups in total. The molecule has 0 spiro atoms. The molecule has 0 radical (unpaired) electrons. The minimum atomic E-state index is -0.515. The number of methoxy groups -OCH3 is 1. The van der Waals surface area contributed by atoms with E-state index in [0.717, 1.165) is 0 Å². The van der Waals surface area contributed by atoms with Crippen LogP contribution in [0.3, 0.4) is 0 Å². The lowest BCUT2D eigenvalue weighted by molar-refractivity contribution is -0.134. The summed E-state index contributed by atoms with van der Waals surface area (Å²) in [7, 11) is 1.29. The lowest BCUT2D eigenvalue weighted by Crippen LogP contribution is -2.44. The van der Waals surface area contributed by atoms with Crippen LogP contribution in [0.5, 0.6) is 0 Å². The van der Waals surface area contributed by atoms with Crippen molar-refractivity contribution in [2.24, 2.45) is 0 Å². The lowest BCUT2D eigenvalue weighted by atomic mass is 10.1. The number of nitrogens with zero attached hydrogens (tertiary/aromatic N) is 3. The average molecular weight is 458 g/mol. The molecule has 0 bridgehead atoms. The predicted octanol–water partition coefficient (Wildman–Crippen LogP) is 2.16. The number of morpholine rings is 1. The number of hydrogen-bond acceptors (Lipinski definition) is 8. The summed E-state index contributed by atoms with van der Waals surface area (Å²) in [5, 5.41) is 0.264. The first-order chi connectivity index (χ1) is 15.5. The number of thioether (sulfide) groups is 1. The Morgan fingerprint density at radius 2 is 2.03 bits per heavy atom. The van der Waals surface area contributed by atoms with Gasteiger partial charge in [0.25, 0.3) is 5.56 Å². The van der Waals surface area contributed by atoms with Gasteiger partial charge in [0.1, 0.15) is 5.76 Å². The van der Waals surface area contributed by atoms with Crippen LogP contribution in [0.2, 0.25) is 0 Å². The van der Waals surface area contributed by atoms with E-state index in [1.54, 1.807) is 30.0 Å². The third-order valence-corrected chi connectivity index (χ3v) is 6.27. The van der Waals surface area contributed by atoms with E-state index < -0.39 is 11.2 Å². The molecule has 1 atom stereocenters. The third-order valence-electron chi connectivity index (χ3n) is 5.19. The lowest BCUT2D eigenvalue weighted by Gasteiger charge is -2.29.